The Hall–Kier alpha value is -0.210. The van der Waals surface area contributed by atoms with Crippen LogP contribution >= 0.6 is 11.6 Å². The lowest BCUT2D eigenvalue weighted by molar-refractivity contribution is 0.140. The van der Waals surface area contributed by atoms with Gasteiger partial charge in [-0.1, -0.05) is 11.6 Å². The molecule has 0 aromatic rings. The van der Waals surface area contributed by atoms with Crippen molar-refractivity contribution in [3.8, 4) is 0 Å². The summed E-state index contributed by atoms with van der Waals surface area (Å²) in [7, 11) is 0. The van der Waals surface area contributed by atoms with Crippen molar-refractivity contribution < 1.29 is 4.74 Å². The van der Waals surface area contributed by atoms with Crippen LogP contribution in [0.25, 0.3) is 0 Å². The number of halogens is 1. The third-order valence-corrected chi connectivity index (χ3v) is 1.01. The maximum Gasteiger partial charge on any atom is 0.117 e. The molecule has 40 valence electrons. The lowest BCUT2D eigenvalue weighted by Crippen LogP contribution is -2.19. The van der Waals surface area contributed by atoms with Crippen LogP contribution in [0.5, 0.6) is 0 Å². The zero-order valence-corrected chi connectivity index (χ0v) is 4.53. The van der Waals surface area contributed by atoms with E-state index in [-0.39, 0.29) is 0 Å². The van der Waals surface area contributed by atoms with Crippen molar-refractivity contribution in [2.24, 2.45) is 0 Å². The molecule has 0 radical (unpaired) electrons. The van der Waals surface area contributed by atoms with Crippen LogP contribution in [0, 0.1) is 0 Å². The summed E-state index contributed by atoms with van der Waals surface area (Å²) < 4.78 is 4.87. The Labute approximate surface area is 47.1 Å². The Morgan fingerprint density at radius 3 is 3.00 bits per heavy atom. The Morgan fingerprint density at radius 1 is 1.86 bits per heavy atom. The molecule has 1 N–H and O–H groups in total. The van der Waals surface area contributed by atoms with Crippen LogP contribution in [0.15, 0.2) is 11.2 Å². The van der Waals surface area contributed by atoms with Crippen LogP contribution in [-0.4, -0.2) is 13.3 Å². The fourth-order valence-electron chi connectivity index (χ4n) is 0.383. The normalized spacial score (nSPS) is 20.4. The fraction of sp³-hybridized carbons (Fsp3) is 0.500. The zero-order chi connectivity index (χ0) is 5.11. The van der Waals surface area contributed by atoms with Crippen molar-refractivity contribution in [3.05, 3.63) is 11.2 Å². The molecule has 7 heavy (non-hydrogen) atoms. The summed E-state index contributed by atoms with van der Waals surface area (Å²) in [4.78, 5) is 0. The van der Waals surface area contributed by atoms with Gasteiger partial charge >= 0.3 is 0 Å². The van der Waals surface area contributed by atoms with Crippen LogP contribution in [0.2, 0.25) is 0 Å². The predicted molar refractivity (Wildman–Crippen MR) is 27.9 cm³/mol. The molecule has 2 nitrogen and oxygen atoms in total. The molecule has 0 saturated heterocycles. The molecule has 3 heteroatoms. The van der Waals surface area contributed by atoms with Crippen molar-refractivity contribution >= 4 is 11.6 Å². The van der Waals surface area contributed by atoms with Gasteiger partial charge in [-0.3, -0.25) is 0 Å². The van der Waals surface area contributed by atoms with E-state index in [1.807, 2.05) is 0 Å². The monoisotopic (exact) mass is 119 g/mol. The molecule has 0 aliphatic carbocycles. The lowest BCUT2D eigenvalue weighted by atomic mass is 10.6. The minimum Gasteiger partial charge on any atom is -0.357 e. The largest absolute Gasteiger partial charge is 0.357 e. The molecule has 0 aromatic carbocycles. The second-order valence-corrected chi connectivity index (χ2v) is 1.65. The van der Waals surface area contributed by atoms with E-state index >= 15 is 0 Å². The van der Waals surface area contributed by atoms with E-state index < -0.39 is 0 Å². The number of nitrogens with one attached hydrogen (secondary N) is 1. The van der Waals surface area contributed by atoms with E-state index in [4.69, 9.17) is 16.3 Å². The van der Waals surface area contributed by atoms with Crippen LogP contribution in [-0.2, 0) is 4.74 Å². The highest BCUT2D eigenvalue weighted by molar-refractivity contribution is 6.29. The SMILES string of the molecule is ClC1=CCOCN1. The molecular weight excluding hydrogens is 114 g/mol. The standard InChI is InChI=1S/C4H6ClNO/c5-4-1-2-7-3-6-4/h1,6H,2-3H2. The highest BCUT2D eigenvalue weighted by Crippen LogP contribution is 1.98. The second-order valence-electron chi connectivity index (χ2n) is 1.24. The van der Waals surface area contributed by atoms with Gasteiger partial charge in [0, 0.05) is 0 Å². The smallest absolute Gasteiger partial charge is 0.117 e. The van der Waals surface area contributed by atoms with Gasteiger partial charge in [0.15, 0.2) is 0 Å². The molecule has 1 aliphatic rings. The molecule has 1 aliphatic heterocycles. The average Bonchev–Trinajstić information content (AvgIpc) is 1.69. The lowest BCUT2D eigenvalue weighted by Gasteiger charge is -2.09. The van der Waals surface area contributed by atoms with Gasteiger partial charge in [0.1, 0.15) is 11.9 Å². The van der Waals surface area contributed by atoms with Crippen LogP contribution in [0.4, 0.5) is 0 Å². The molecule has 0 amide bonds. The summed E-state index contributed by atoms with van der Waals surface area (Å²) in [5, 5.41) is 3.47. The van der Waals surface area contributed by atoms with E-state index in [0.717, 1.165) is 0 Å². The highest BCUT2D eigenvalue weighted by Gasteiger charge is 1.94. The molecule has 0 saturated carbocycles. The first kappa shape index (κ1) is 4.94. The van der Waals surface area contributed by atoms with E-state index in [2.05, 4.69) is 5.32 Å². The van der Waals surface area contributed by atoms with Crippen molar-refractivity contribution in [1.29, 1.82) is 0 Å². The van der Waals surface area contributed by atoms with Gasteiger partial charge in [0.2, 0.25) is 0 Å². The quantitative estimate of drug-likeness (QED) is 0.473. The van der Waals surface area contributed by atoms with Gasteiger partial charge in [0.05, 0.1) is 6.61 Å². The zero-order valence-electron chi connectivity index (χ0n) is 3.78. The van der Waals surface area contributed by atoms with Crippen molar-refractivity contribution in [2.75, 3.05) is 13.3 Å². The van der Waals surface area contributed by atoms with Gasteiger partial charge in [0.25, 0.3) is 0 Å². The summed E-state index contributed by atoms with van der Waals surface area (Å²) in [6.45, 7) is 1.17. The van der Waals surface area contributed by atoms with E-state index in [0.29, 0.717) is 18.5 Å². The van der Waals surface area contributed by atoms with Gasteiger partial charge in [-0.2, -0.15) is 0 Å². The minimum absolute atomic E-state index is 0.537. The Morgan fingerprint density at radius 2 is 2.71 bits per heavy atom. The van der Waals surface area contributed by atoms with Crippen molar-refractivity contribution in [1.82, 2.24) is 5.32 Å². The molecular formula is C4H6ClNO. The number of ether oxygens (including phenoxy) is 1. The molecule has 1 heterocycles. The van der Waals surface area contributed by atoms with E-state index in [1.54, 1.807) is 6.08 Å². The van der Waals surface area contributed by atoms with Crippen LogP contribution in [0.3, 0.4) is 0 Å². The molecule has 0 aromatic heterocycles. The molecule has 0 spiro atoms. The first-order valence-electron chi connectivity index (χ1n) is 2.07. The summed E-state index contributed by atoms with van der Waals surface area (Å²) in [5.41, 5.74) is 0. The summed E-state index contributed by atoms with van der Waals surface area (Å²) in [6, 6.07) is 0. The summed E-state index contributed by atoms with van der Waals surface area (Å²) >= 11 is 5.49. The third-order valence-electron chi connectivity index (χ3n) is 0.724. The van der Waals surface area contributed by atoms with E-state index in [9.17, 15) is 0 Å². The van der Waals surface area contributed by atoms with Gasteiger partial charge in [-0.25, -0.2) is 0 Å². The van der Waals surface area contributed by atoms with Crippen molar-refractivity contribution in [3.63, 3.8) is 0 Å². The maximum absolute atomic E-state index is 5.49. The molecule has 0 unspecified atom stereocenters. The summed E-state index contributed by atoms with van der Waals surface area (Å²) in [5.74, 6) is 0. The number of hydrogen-bond donors (Lipinski definition) is 1. The average molecular weight is 120 g/mol. The topological polar surface area (TPSA) is 21.3 Å². The first-order chi connectivity index (χ1) is 3.39. The minimum atomic E-state index is 0.537. The first-order valence-corrected chi connectivity index (χ1v) is 2.44. The Balaban J connectivity index is 2.40. The Kier molecular flexibility index (Phi) is 1.54. The highest BCUT2D eigenvalue weighted by atomic mass is 35.5. The van der Waals surface area contributed by atoms with Crippen LogP contribution in [0.1, 0.15) is 0 Å². The molecule has 0 atom stereocenters. The molecule has 0 fully saturated rings. The summed E-state index contributed by atoms with van der Waals surface area (Å²) in [6.07, 6.45) is 1.78. The number of rotatable bonds is 0. The fourth-order valence-corrected chi connectivity index (χ4v) is 0.501. The maximum atomic E-state index is 5.49. The van der Waals surface area contributed by atoms with Gasteiger partial charge in [-0.05, 0) is 6.08 Å². The van der Waals surface area contributed by atoms with Crippen LogP contribution < -0.4 is 5.32 Å². The van der Waals surface area contributed by atoms with Gasteiger partial charge < -0.3 is 10.1 Å². The number of hydrogen-bond acceptors (Lipinski definition) is 2. The molecule has 0 bridgehead atoms. The van der Waals surface area contributed by atoms with Crippen molar-refractivity contribution in [2.45, 2.75) is 0 Å². The second kappa shape index (κ2) is 2.19. The third kappa shape index (κ3) is 1.37. The Bertz CT molecular complexity index is 91.7. The van der Waals surface area contributed by atoms with E-state index in [1.165, 1.54) is 0 Å². The van der Waals surface area contributed by atoms with Gasteiger partial charge in [-0.15, -0.1) is 0 Å². The molecule has 1 rings (SSSR count). The predicted octanol–water partition coefficient (Wildman–Crippen LogP) is 0.644.